The smallest absolute Gasteiger partial charge is 0.276 e. The highest BCUT2D eigenvalue weighted by Gasteiger charge is 1.75. The summed E-state index contributed by atoms with van der Waals surface area (Å²) in [6.07, 6.45) is 1.67. The van der Waals surface area contributed by atoms with E-state index in [1.54, 1.807) is 11.7 Å². The molecule has 0 aliphatic carbocycles. The van der Waals surface area contributed by atoms with Gasteiger partial charge in [0.2, 0.25) is 0 Å². The average molecular weight is 116 g/mol. The van der Waals surface area contributed by atoms with E-state index in [2.05, 4.69) is 11.3 Å². The van der Waals surface area contributed by atoms with E-state index < -0.39 is 0 Å². The molecule has 1 N–H and O–H groups in total. The van der Waals surface area contributed by atoms with Crippen LogP contribution in [0.1, 0.15) is 0 Å². The molecule has 0 fully saturated rings. The quantitative estimate of drug-likeness (QED) is 0.329. The first-order valence-electron chi connectivity index (χ1n) is 1.78. The molecule has 39 valence electrons. The summed E-state index contributed by atoms with van der Waals surface area (Å²) >= 11 is 0.906. The SMILES string of the molecule is C=CCNS[C]=O. The highest BCUT2D eigenvalue weighted by Crippen LogP contribution is 1.79. The number of carbonyl (C=O) groups excluding carboxylic acids is 1. The predicted molar refractivity (Wildman–Crippen MR) is 31.5 cm³/mol. The minimum atomic E-state index is 0.639. The molecule has 2 nitrogen and oxygen atoms in total. The summed E-state index contributed by atoms with van der Waals surface area (Å²) in [4.78, 5) is 9.42. The maximum absolute atomic E-state index is 9.42. The summed E-state index contributed by atoms with van der Waals surface area (Å²) in [6.45, 7) is 4.07. The second-order valence-corrected chi connectivity index (χ2v) is 1.48. The largest absolute Gasteiger partial charge is 0.282 e. The van der Waals surface area contributed by atoms with Gasteiger partial charge in [-0.2, -0.15) is 0 Å². The van der Waals surface area contributed by atoms with Crippen molar-refractivity contribution in [3.63, 3.8) is 0 Å². The minimum absolute atomic E-state index is 0.639. The van der Waals surface area contributed by atoms with Gasteiger partial charge in [-0.05, 0) is 0 Å². The van der Waals surface area contributed by atoms with Crippen LogP contribution in [0.4, 0.5) is 0 Å². The fraction of sp³-hybridized carbons (Fsp3) is 0.250. The first-order valence-corrected chi connectivity index (χ1v) is 2.60. The zero-order valence-electron chi connectivity index (χ0n) is 3.81. The first kappa shape index (κ1) is 6.72. The summed E-state index contributed by atoms with van der Waals surface area (Å²) in [7, 11) is 0. The molecule has 0 atom stereocenters. The first-order chi connectivity index (χ1) is 3.41. The Labute approximate surface area is 47.1 Å². The third kappa shape index (κ3) is 5.72. The van der Waals surface area contributed by atoms with Gasteiger partial charge in [0.1, 0.15) is 0 Å². The van der Waals surface area contributed by atoms with Gasteiger partial charge in [-0.15, -0.1) is 6.58 Å². The summed E-state index contributed by atoms with van der Waals surface area (Å²) < 4.78 is 2.66. The molecule has 0 saturated heterocycles. The normalized spacial score (nSPS) is 8.00. The third-order valence-corrected chi connectivity index (χ3v) is 0.736. The summed E-state index contributed by atoms with van der Waals surface area (Å²) in [6, 6.07) is 0. The molecule has 0 saturated carbocycles. The topological polar surface area (TPSA) is 29.1 Å². The Morgan fingerprint density at radius 1 is 2.00 bits per heavy atom. The van der Waals surface area contributed by atoms with Gasteiger partial charge in [0, 0.05) is 18.5 Å². The molecule has 0 aliphatic rings. The van der Waals surface area contributed by atoms with Crippen LogP contribution < -0.4 is 4.72 Å². The Morgan fingerprint density at radius 2 is 2.71 bits per heavy atom. The molecule has 0 aromatic carbocycles. The molecular weight excluding hydrogens is 110 g/mol. The van der Waals surface area contributed by atoms with E-state index >= 15 is 0 Å². The molecule has 0 heterocycles. The Hall–Kier alpha value is -0.280. The van der Waals surface area contributed by atoms with Crippen LogP contribution in [-0.2, 0) is 4.79 Å². The van der Waals surface area contributed by atoms with Crippen molar-refractivity contribution in [1.29, 1.82) is 0 Å². The van der Waals surface area contributed by atoms with Crippen LogP contribution in [0.3, 0.4) is 0 Å². The highest BCUT2D eigenvalue weighted by molar-refractivity contribution is 8.10. The van der Waals surface area contributed by atoms with E-state index in [1.165, 1.54) is 0 Å². The van der Waals surface area contributed by atoms with Crippen molar-refractivity contribution in [2.24, 2.45) is 0 Å². The van der Waals surface area contributed by atoms with Gasteiger partial charge in [0.15, 0.2) is 0 Å². The average Bonchev–Trinajstić information content (AvgIpc) is 1.69. The van der Waals surface area contributed by atoms with Crippen LogP contribution in [0.15, 0.2) is 12.7 Å². The van der Waals surface area contributed by atoms with Crippen molar-refractivity contribution < 1.29 is 4.79 Å². The van der Waals surface area contributed by atoms with E-state index in [0.29, 0.717) is 6.54 Å². The molecule has 3 heteroatoms. The van der Waals surface area contributed by atoms with E-state index in [4.69, 9.17) is 0 Å². The lowest BCUT2D eigenvalue weighted by Crippen LogP contribution is -2.00. The lowest BCUT2D eigenvalue weighted by atomic mass is 10.7. The molecule has 0 amide bonds. The molecule has 0 rings (SSSR count). The van der Waals surface area contributed by atoms with Crippen LogP contribution >= 0.6 is 11.9 Å². The highest BCUT2D eigenvalue weighted by atomic mass is 32.2. The molecule has 0 bridgehead atoms. The van der Waals surface area contributed by atoms with Crippen LogP contribution in [0.5, 0.6) is 0 Å². The van der Waals surface area contributed by atoms with Gasteiger partial charge in [-0.1, -0.05) is 6.08 Å². The van der Waals surface area contributed by atoms with Gasteiger partial charge in [0.05, 0.1) is 0 Å². The number of hydrogen-bond donors (Lipinski definition) is 1. The molecule has 0 aromatic rings. The molecule has 0 unspecified atom stereocenters. The monoisotopic (exact) mass is 116 g/mol. The Bertz CT molecular complexity index is 56.7. The molecule has 0 spiro atoms. The van der Waals surface area contributed by atoms with Crippen molar-refractivity contribution in [3.8, 4) is 0 Å². The molecule has 1 radical (unpaired) electrons. The van der Waals surface area contributed by atoms with Crippen LogP contribution in [0.25, 0.3) is 0 Å². The fourth-order valence-electron chi connectivity index (χ4n) is 0.130. The lowest BCUT2D eigenvalue weighted by molar-refractivity contribution is 0.570. The second kappa shape index (κ2) is 5.72. The van der Waals surface area contributed by atoms with Crippen molar-refractivity contribution in [1.82, 2.24) is 4.72 Å². The van der Waals surface area contributed by atoms with Crippen molar-refractivity contribution in [2.45, 2.75) is 0 Å². The van der Waals surface area contributed by atoms with E-state index in [0.717, 1.165) is 11.9 Å². The number of hydrogen-bond acceptors (Lipinski definition) is 3. The van der Waals surface area contributed by atoms with E-state index in [9.17, 15) is 4.79 Å². The summed E-state index contributed by atoms with van der Waals surface area (Å²) in [5.41, 5.74) is 1.61. The van der Waals surface area contributed by atoms with Crippen LogP contribution in [-0.4, -0.2) is 12.2 Å². The maximum atomic E-state index is 9.42. The standard InChI is InChI=1S/C4H6NOS/c1-2-3-5-7-4-6/h2,5H,1,3H2. The van der Waals surface area contributed by atoms with E-state index in [-0.39, 0.29) is 0 Å². The van der Waals surface area contributed by atoms with Gasteiger partial charge >= 0.3 is 0 Å². The van der Waals surface area contributed by atoms with Crippen molar-refractivity contribution >= 4 is 17.6 Å². The van der Waals surface area contributed by atoms with Crippen molar-refractivity contribution in [3.05, 3.63) is 12.7 Å². The predicted octanol–water partition coefficient (Wildman–Crippen LogP) is 0.477. The summed E-state index contributed by atoms with van der Waals surface area (Å²) in [5, 5.41) is 0. The lowest BCUT2D eigenvalue weighted by Gasteiger charge is -1.85. The zero-order valence-corrected chi connectivity index (χ0v) is 4.62. The van der Waals surface area contributed by atoms with Gasteiger partial charge in [-0.3, -0.25) is 9.52 Å². The van der Waals surface area contributed by atoms with E-state index in [1.807, 2.05) is 0 Å². The molecular formula is C4H6NOS. The zero-order chi connectivity index (χ0) is 5.54. The van der Waals surface area contributed by atoms with Crippen LogP contribution in [0, 0.1) is 0 Å². The Balaban J connectivity index is 2.68. The maximum Gasteiger partial charge on any atom is 0.282 e. The third-order valence-electron chi connectivity index (χ3n) is 0.342. The van der Waals surface area contributed by atoms with Gasteiger partial charge in [0.25, 0.3) is 5.62 Å². The Kier molecular flexibility index (Phi) is 5.49. The van der Waals surface area contributed by atoms with Gasteiger partial charge < -0.3 is 0 Å². The van der Waals surface area contributed by atoms with Crippen LogP contribution in [0.2, 0.25) is 0 Å². The molecule has 0 aromatic heterocycles. The summed E-state index contributed by atoms with van der Waals surface area (Å²) in [5.74, 6) is 0. The number of rotatable bonds is 4. The van der Waals surface area contributed by atoms with Gasteiger partial charge in [-0.25, -0.2) is 0 Å². The fourth-order valence-corrected chi connectivity index (χ4v) is 0.390. The van der Waals surface area contributed by atoms with Crippen molar-refractivity contribution in [2.75, 3.05) is 6.54 Å². The molecule has 7 heavy (non-hydrogen) atoms. The second-order valence-electron chi connectivity index (χ2n) is 0.823. The molecule has 0 aliphatic heterocycles. The minimum Gasteiger partial charge on any atom is -0.276 e. The number of nitrogens with one attached hydrogen (secondary N) is 1. The Morgan fingerprint density at radius 3 is 3.14 bits per heavy atom.